The van der Waals surface area contributed by atoms with Gasteiger partial charge in [0.25, 0.3) is 5.91 Å². The van der Waals surface area contributed by atoms with Gasteiger partial charge in [-0.25, -0.2) is 9.37 Å². The number of amides is 1. The number of aromatic nitrogens is 4. The van der Waals surface area contributed by atoms with E-state index in [4.69, 9.17) is 0 Å². The van der Waals surface area contributed by atoms with Crippen LogP contribution in [-0.4, -0.2) is 62.7 Å². The third-order valence-corrected chi connectivity index (χ3v) is 6.20. The highest BCUT2D eigenvalue weighted by atomic mass is 19.1. The molecule has 1 atom stereocenters. The smallest absolute Gasteiger partial charge is 0.257 e. The van der Waals surface area contributed by atoms with Gasteiger partial charge in [0.1, 0.15) is 5.52 Å². The highest BCUT2D eigenvalue weighted by Gasteiger charge is 2.24. The predicted octanol–water partition coefficient (Wildman–Crippen LogP) is 3.06. The summed E-state index contributed by atoms with van der Waals surface area (Å²) in [6, 6.07) is 5.52. The van der Waals surface area contributed by atoms with E-state index in [0.29, 0.717) is 28.5 Å². The van der Waals surface area contributed by atoms with Crippen LogP contribution in [0, 0.1) is 12.7 Å². The molecule has 166 valence electrons. The number of carbonyl (C=O) groups is 1. The predicted molar refractivity (Wildman–Crippen MR) is 123 cm³/mol. The molecule has 1 aliphatic rings. The van der Waals surface area contributed by atoms with Crippen LogP contribution in [0.25, 0.3) is 16.6 Å². The molecule has 0 spiro atoms. The van der Waals surface area contributed by atoms with Gasteiger partial charge in [0, 0.05) is 68.5 Å². The molecule has 1 aromatic carbocycles. The lowest BCUT2D eigenvalue weighted by Crippen LogP contribution is -2.50. The molecule has 0 bridgehead atoms. The van der Waals surface area contributed by atoms with Gasteiger partial charge in [0.05, 0.1) is 16.9 Å². The van der Waals surface area contributed by atoms with E-state index in [2.05, 4.69) is 39.2 Å². The number of rotatable bonds is 3. The highest BCUT2D eigenvalue weighted by Crippen LogP contribution is 2.31. The van der Waals surface area contributed by atoms with Crippen molar-refractivity contribution in [2.45, 2.75) is 19.9 Å². The van der Waals surface area contributed by atoms with Crippen LogP contribution >= 0.6 is 0 Å². The molecular formula is C23H26FN7O. The number of carbonyl (C=O) groups excluding carboxylic acids is 1. The molecule has 9 heteroatoms. The molecule has 1 fully saturated rings. The first kappa shape index (κ1) is 20.4. The zero-order valence-corrected chi connectivity index (χ0v) is 18.6. The Labute approximate surface area is 185 Å². The maximum atomic E-state index is 14.4. The van der Waals surface area contributed by atoms with Crippen molar-refractivity contribution in [3.8, 4) is 0 Å². The number of aryl methyl sites for hydroxylation is 2. The maximum Gasteiger partial charge on any atom is 0.257 e. The van der Waals surface area contributed by atoms with E-state index in [9.17, 15) is 9.18 Å². The third-order valence-electron chi connectivity index (χ3n) is 6.20. The molecule has 0 aliphatic carbocycles. The Morgan fingerprint density at radius 3 is 2.78 bits per heavy atom. The summed E-state index contributed by atoms with van der Waals surface area (Å²) >= 11 is 0. The van der Waals surface area contributed by atoms with Gasteiger partial charge in [-0.15, -0.1) is 0 Å². The number of likely N-dealkylation sites (N-methyl/N-ethyl adjacent to an activating group) is 1. The zero-order chi connectivity index (χ0) is 22.6. The number of nitrogens with zero attached hydrogens (tertiary/aromatic N) is 6. The average Bonchev–Trinajstić information content (AvgIpc) is 3.31. The minimum atomic E-state index is -0.488. The van der Waals surface area contributed by atoms with Crippen LogP contribution in [0.5, 0.6) is 0 Å². The number of imidazole rings is 1. The topological polar surface area (TPSA) is 70.7 Å². The van der Waals surface area contributed by atoms with Gasteiger partial charge in [0.15, 0.2) is 11.5 Å². The van der Waals surface area contributed by atoms with Gasteiger partial charge in [0.2, 0.25) is 0 Å². The monoisotopic (exact) mass is 435 g/mol. The molecule has 32 heavy (non-hydrogen) atoms. The zero-order valence-electron chi connectivity index (χ0n) is 18.6. The molecule has 1 N–H and O–H groups in total. The number of pyridine rings is 1. The Morgan fingerprint density at radius 2 is 2.00 bits per heavy atom. The van der Waals surface area contributed by atoms with Crippen molar-refractivity contribution in [3.63, 3.8) is 0 Å². The van der Waals surface area contributed by atoms with Crippen molar-refractivity contribution in [1.29, 1.82) is 0 Å². The van der Waals surface area contributed by atoms with Crippen LogP contribution in [-0.2, 0) is 7.05 Å². The molecule has 1 unspecified atom stereocenters. The van der Waals surface area contributed by atoms with Crippen LogP contribution in [0.1, 0.15) is 23.0 Å². The minimum Gasteiger partial charge on any atom is -0.368 e. The van der Waals surface area contributed by atoms with Crippen LogP contribution in [0.2, 0.25) is 0 Å². The molecule has 4 aromatic rings. The number of fused-ring (bicyclic) bond motifs is 2. The van der Waals surface area contributed by atoms with E-state index in [0.717, 1.165) is 30.7 Å². The van der Waals surface area contributed by atoms with Crippen molar-refractivity contribution in [3.05, 3.63) is 53.9 Å². The first-order valence-corrected chi connectivity index (χ1v) is 10.7. The number of benzene rings is 1. The van der Waals surface area contributed by atoms with Crippen LogP contribution in [0.15, 0.2) is 36.8 Å². The van der Waals surface area contributed by atoms with Gasteiger partial charge in [-0.3, -0.25) is 9.48 Å². The lowest BCUT2D eigenvalue weighted by molar-refractivity contribution is 0.102. The molecule has 1 aliphatic heterocycles. The second kappa shape index (κ2) is 7.59. The SMILES string of the molecule is Cc1cn2cc(NC(=O)c3ccc(N4CCN(C)C(C)C4)c4cn(C)nc34)cc(F)c2n1. The fraction of sp³-hybridized carbons (Fsp3) is 0.348. The number of nitrogens with one attached hydrogen (secondary N) is 1. The lowest BCUT2D eigenvalue weighted by Gasteiger charge is -2.39. The summed E-state index contributed by atoms with van der Waals surface area (Å²) in [5.41, 5.74) is 3.46. The summed E-state index contributed by atoms with van der Waals surface area (Å²) in [7, 11) is 3.99. The van der Waals surface area contributed by atoms with Crippen molar-refractivity contribution in [2.24, 2.45) is 7.05 Å². The molecule has 1 saturated heterocycles. The Balaban J connectivity index is 1.49. The molecule has 5 rings (SSSR count). The molecule has 0 radical (unpaired) electrons. The Morgan fingerprint density at radius 1 is 1.19 bits per heavy atom. The van der Waals surface area contributed by atoms with E-state index in [1.165, 1.54) is 6.07 Å². The van der Waals surface area contributed by atoms with E-state index in [1.54, 1.807) is 34.5 Å². The lowest BCUT2D eigenvalue weighted by atomic mass is 10.1. The van der Waals surface area contributed by atoms with Crippen molar-refractivity contribution in [2.75, 3.05) is 36.9 Å². The third kappa shape index (κ3) is 3.48. The first-order chi connectivity index (χ1) is 15.3. The molecular weight excluding hydrogens is 409 g/mol. The van der Waals surface area contributed by atoms with Gasteiger partial charge in [-0.1, -0.05) is 0 Å². The van der Waals surface area contributed by atoms with Gasteiger partial charge >= 0.3 is 0 Å². The van der Waals surface area contributed by atoms with Crippen LogP contribution in [0.4, 0.5) is 15.8 Å². The fourth-order valence-electron chi connectivity index (χ4n) is 4.38. The number of anilines is 2. The number of hydrogen-bond acceptors (Lipinski definition) is 5. The van der Waals surface area contributed by atoms with Crippen molar-refractivity contribution in [1.82, 2.24) is 24.1 Å². The number of hydrogen-bond donors (Lipinski definition) is 1. The largest absolute Gasteiger partial charge is 0.368 e. The van der Waals surface area contributed by atoms with Gasteiger partial charge in [-0.2, -0.15) is 5.10 Å². The Kier molecular flexibility index (Phi) is 4.85. The van der Waals surface area contributed by atoms with E-state index >= 15 is 0 Å². The number of piperazine rings is 1. The van der Waals surface area contributed by atoms with Crippen LogP contribution < -0.4 is 10.2 Å². The summed E-state index contributed by atoms with van der Waals surface area (Å²) in [5.74, 6) is -0.819. The van der Waals surface area contributed by atoms with Gasteiger partial charge in [-0.05, 0) is 33.0 Å². The average molecular weight is 436 g/mol. The first-order valence-electron chi connectivity index (χ1n) is 10.7. The van der Waals surface area contributed by atoms with Crippen LogP contribution in [0.3, 0.4) is 0 Å². The van der Waals surface area contributed by atoms with E-state index < -0.39 is 5.82 Å². The fourth-order valence-corrected chi connectivity index (χ4v) is 4.38. The van der Waals surface area contributed by atoms with E-state index in [1.807, 2.05) is 19.3 Å². The molecule has 1 amide bonds. The highest BCUT2D eigenvalue weighted by molar-refractivity contribution is 6.13. The summed E-state index contributed by atoms with van der Waals surface area (Å²) in [4.78, 5) is 22.0. The molecule has 3 aromatic heterocycles. The molecule has 4 heterocycles. The van der Waals surface area contributed by atoms with Crippen molar-refractivity contribution < 1.29 is 9.18 Å². The quantitative estimate of drug-likeness (QED) is 0.536. The van der Waals surface area contributed by atoms with Gasteiger partial charge < -0.3 is 19.5 Å². The summed E-state index contributed by atoms with van der Waals surface area (Å²) in [6.45, 7) is 6.82. The Hall–Kier alpha value is -3.46. The van der Waals surface area contributed by atoms with E-state index in [-0.39, 0.29) is 11.6 Å². The summed E-state index contributed by atoms with van der Waals surface area (Å²) in [5, 5.41) is 8.32. The summed E-state index contributed by atoms with van der Waals surface area (Å²) < 4.78 is 17.7. The normalized spacial score (nSPS) is 17.4. The second-order valence-corrected chi connectivity index (χ2v) is 8.62. The summed E-state index contributed by atoms with van der Waals surface area (Å²) in [6.07, 6.45) is 5.33. The minimum absolute atomic E-state index is 0.235. The Bertz CT molecular complexity index is 1340. The maximum absolute atomic E-state index is 14.4. The second-order valence-electron chi connectivity index (χ2n) is 8.62. The molecule has 8 nitrogen and oxygen atoms in total. The standard InChI is InChI=1S/C23H26FN7O/c1-14-10-31-12-16(9-19(24)22(31)25-14)26-23(32)17-5-6-20(18-13-29(4)27-21(17)18)30-8-7-28(3)15(2)11-30/h5-6,9-10,12-13,15H,7-8,11H2,1-4H3,(H,26,32). The van der Waals surface area contributed by atoms with Crippen molar-refractivity contribution >= 4 is 33.8 Å². The molecule has 0 saturated carbocycles. The number of halogens is 1.